The van der Waals surface area contributed by atoms with E-state index < -0.39 is 0 Å². The van der Waals surface area contributed by atoms with E-state index in [1.165, 1.54) is 21.6 Å². The Morgan fingerprint density at radius 1 is 1.11 bits per heavy atom. The normalized spacial score (nSPS) is 12.7. The third-order valence-corrected chi connectivity index (χ3v) is 6.26. The van der Waals surface area contributed by atoms with Gasteiger partial charge in [0, 0.05) is 9.35 Å². The third-order valence-electron chi connectivity index (χ3n) is 2.93. The molecular formula is C15H17Br2NS. The maximum atomic E-state index is 3.58. The molecule has 2 aromatic rings. The van der Waals surface area contributed by atoms with Crippen LogP contribution in [-0.4, -0.2) is 6.54 Å². The molecule has 0 spiro atoms. The van der Waals surface area contributed by atoms with Gasteiger partial charge in [-0.15, -0.1) is 11.3 Å². The number of aryl methyl sites for hydroxylation is 2. The van der Waals surface area contributed by atoms with Gasteiger partial charge in [-0.2, -0.15) is 0 Å². The van der Waals surface area contributed by atoms with Crippen LogP contribution >= 0.6 is 43.2 Å². The van der Waals surface area contributed by atoms with Crippen molar-refractivity contribution in [1.29, 1.82) is 0 Å². The maximum absolute atomic E-state index is 3.58. The van der Waals surface area contributed by atoms with Crippen LogP contribution in [-0.2, 0) is 0 Å². The molecule has 1 atom stereocenters. The lowest BCUT2D eigenvalue weighted by molar-refractivity contribution is 0.639. The van der Waals surface area contributed by atoms with Crippen LogP contribution in [0.15, 0.2) is 32.5 Å². The first-order chi connectivity index (χ1) is 9.01. The Kier molecular flexibility index (Phi) is 5.23. The van der Waals surface area contributed by atoms with E-state index in [1.807, 2.05) is 0 Å². The minimum atomic E-state index is 0.260. The van der Waals surface area contributed by atoms with E-state index in [4.69, 9.17) is 0 Å². The number of benzene rings is 1. The zero-order valence-corrected chi connectivity index (χ0v) is 15.2. The highest BCUT2D eigenvalue weighted by Crippen LogP contribution is 2.37. The van der Waals surface area contributed by atoms with E-state index in [1.54, 1.807) is 11.3 Å². The van der Waals surface area contributed by atoms with Gasteiger partial charge in [0.25, 0.3) is 0 Å². The summed E-state index contributed by atoms with van der Waals surface area (Å²) in [5, 5.41) is 3.58. The SMILES string of the molecule is CCNC(c1cc(C)cc(C)c1)c1cc(Br)c(Br)s1. The van der Waals surface area contributed by atoms with E-state index in [-0.39, 0.29) is 6.04 Å². The van der Waals surface area contributed by atoms with Gasteiger partial charge in [-0.25, -0.2) is 0 Å². The quantitative estimate of drug-likeness (QED) is 0.702. The highest BCUT2D eigenvalue weighted by molar-refractivity contribution is 9.13. The average molecular weight is 403 g/mol. The molecular weight excluding hydrogens is 386 g/mol. The largest absolute Gasteiger partial charge is 0.306 e. The van der Waals surface area contributed by atoms with Crippen molar-refractivity contribution in [3.05, 3.63) is 54.1 Å². The summed E-state index contributed by atoms with van der Waals surface area (Å²) in [7, 11) is 0. The lowest BCUT2D eigenvalue weighted by Gasteiger charge is -2.18. The smallest absolute Gasteiger partial charge is 0.0843 e. The van der Waals surface area contributed by atoms with Gasteiger partial charge in [0.1, 0.15) is 0 Å². The maximum Gasteiger partial charge on any atom is 0.0843 e. The van der Waals surface area contributed by atoms with E-state index in [0.29, 0.717) is 0 Å². The Hall–Kier alpha value is -0.160. The van der Waals surface area contributed by atoms with Crippen molar-refractivity contribution in [2.45, 2.75) is 26.8 Å². The highest BCUT2D eigenvalue weighted by Gasteiger charge is 2.17. The monoisotopic (exact) mass is 401 g/mol. The van der Waals surface area contributed by atoms with Gasteiger partial charge in [0.05, 0.1) is 9.83 Å². The molecule has 1 aromatic heterocycles. The first kappa shape index (κ1) is 15.2. The Labute approximate surface area is 135 Å². The zero-order valence-electron chi connectivity index (χ0n) is 11.3. The summed E-state index contributed by atoms with van der Waals surface area (Å²) in [5.41, 5.74) is 3.96. The molecule has 0 amide bonds. The molecule has 1 N–H and O–H groups in total. The summed E-state index contributed by atoms with van der Waals surface area (Å²) in [6, 6.07) is 9.20. The van der Waals surface area contributed by atoms with Crippen LogP contribution < -0.4 is 5.32 Å². The summed E-state index contributed by atoms with van der Waals surface area (Å²) in [6.45, 7) is 7.40. The molecule has 0 aliphatic carbocycles. The van der Waals surface area contributed by atoms with Crippen molar-refractivity contribution < 1.29 is 0 Å². The zero-order chi connectivity index (χ0) is 14.0. The minimum absolute atomic E-state index is 0.260. The summed E-state index contributed by atoms with van der Waals surface area (Å²) in [4.78, 5) is 1.32. The molecule has 1 heterocycles. The van der Waals surface area contributed by atoms with Crippen LogP contribution in [0.2, 0.25) is 0 Å². The van der Waals surface area contributed by atoms with Crippen molar-refractivity contribution in [3.63, 3.8) is 0 Å². The summed E-state index contributed by atoms with van der Waals surface area (Å²) < 4.78 is 2.27. The second-order valence-electron chi connectivity index (χ2n) is 4.68. The lowest BCUT2D eigenvalue weighted by Crippen LogP contribution is -2.21. The molecule has 0 fully saturated rings. The summed E-state index contributed by atoms with van der Waals surface area (Å²) in [5.74, 6) is 0. The van der Waals surface area contributed by atoms with Gasteiger partial charge in [0.2, 0.25) is 0 Å². The first-order valence-corrected chi connectivity index (χ1v) is 8.67. The van der Waals surface area contributed by atoms with Crippen LogP contribution in [0, 0.1) is 13.8 Å². The van der Waals surface area contributed by atoms with Crippen LogP contribution in [0.5, 0.6) is 0 Å². The van der Waals surface area contributed by atoms with Crippen molar-refractivity contribution in [2.24, 2.45) is 0 Å². The molecule has 2 rings (SSSR count). The number of rotatable bonds is 4. The topological polar surface area (TPSA) is 12.0 Å². The predicted molar refractivity (Wildman–Crippen MR) is 91.2 cm³/mol. The number of hydrogen-bond acceptors (Lipinski definition) is 2. The van der Waals surface area contributed by atoms with E-state index in [9.17, 15) is 0 Å². The Morgan fingerprint density at radius 3 is 2.21 bits per heavy atom. The van der Waals surface area contributed by atoms with Crippen molar-refractivity contribution in [3.8, 4) is 0 Å². The molecule has 0 saturated carbocycles. The van der Waals surface area contributed by atoms with Crippen LogP contribution in [0.3, 0.4) is 0 Å². The molecule has 102 valence electrons. The van der Waals surface area contributed by atoms with Crippen LogP contribution in [0.1, 0.15) is 34.5 Å². The second-order valence-corrected chi connectivity index (χ2v) is 7.94. The van der Waals surface area contributed by atoms with Crippen LogP contribution in [0.4, 0.5) is 0 Å². The standard InChI is InChI=1S/C15H17Br2NS/c1-4-18-14(13-8-12(16)15(17)19-13)11-6-9(2)5-10(3)7-11/h5-8,14,18H,4H2,1-3H3. The molecule has 1 aromatic carbocycles. The Morgan fingerprint density at radius 2 is 1.74 bits per heavy atom. The molecule has 1 unspecified atom stereocenters. The molecule has 0 aliphatic heterocycles. The highest BCUT2D eigenvalue weighted by atomic mass is 79.9. The Balaban J connectivity index is 2.44. The van der Waals surface area contributed by atoms with Crippen molar-refractivity contribution >= 4 is 43.2 Å². The molecule has 0 aliphatic rings. The number of nitrogens with one attached hydrogen (secondary N) is 1. The molecule has 4 heteroatoms. The van der Waals surface area contributed by atoms with Gasteiger partial charge >= 0.3 is 0 Å². The third kappa shape index (κ3) is 3.69. The van der Waals surface area contributed by atoms with Crippen molar-refractivity contribution in [1.82, 2.24) is 5.32 Å². The van der Waals surface area contributed by atoms with Gasteiger partial charge < -0.3 is 5.32 Å². The predicted octanol–water partition coefficient (Wildman–Crippen LogP) is 5.59. The van der Waals surface area contributed by atoms with Gasteiger partial charge in [0.15, 0.2) is 0 Å². The van der Waals surface area contributed by atoms with Gasteiger partial charge in [-0.3, -0.25) is 0 Å². The van der Waals surface area contributed by atoms with Gasteiger partial charge in [-0.1, -0.05) is 36.2 Å². The van der Waals surface area contributed by atoms with Crippen LogP contribution in [0.25, 0.3) is 0 Å². The second kappa shape index (κ2) is 6.53. The fraction of sp³-hybridized carbons (Fsp3) is 0.333. The fourth-order valence-electron chi connectivity index (χ4n) is 2.27. The molecule has 19 heavy (non-hydrogen) atoms. The molecule has 0 radical (unpaired) electrons. The summed E-state index contributed by atoms with van der Waals surface area (Å²) in [6.07, 6.45) is 0. The van der Waals surface area contributed by atoms with E-state index in [0.717, 1.165) is 14.8 Å². The number of halogens is 2. The van der Waals surface area contributed by atoms with E-state index in [2.05, 4.69) is 82.2 Å². The summed E-state index contributed by atoms with van der Waals surface area (Å²) >= 11 is 8.93. The molecule has 1 nitrogen and oxygen atoms in total. The van der Waals surface area contributed by atoms with E-state index >= 15 is 0 Å². The fourth-order valence-corrected chi connectivity index (χ4v) is 4.46. The number of thiophene rings is 1. The average Bonchev–Trinajstić information content (AvgIpc) is 2.65. The van der Waals surface area contributed by atoms with Gasteiger partial charge in [-0.05, 0) is 63.9 Å². The first-order valence-electron chi connectivity index (χ1n) is 6.27. The number of hydrogen-bond donors (Lipinski definition) is 1. The minimum Gasteiger partial charge on any atom is -0.306 e. The lowest BCUT2D eigenvalue weighted by atomic mass is 10.0. The Bertz CT molecular complexity index is 538. The van der Waals surface area contributed by atoms with Crippen molar-refractivity contribution in [2.75, 3.05) is 6.54 Å². The molecule has 0 saturated heterocycles. The molecule has 0 bridgehead atoms.